The van der Waals surface area contributed by atoms with E-state index in [1.807, 2.05) is 12.1 Å². The molecule has 1 spiro atoms. The van der Waals surface area contributed by atoms with Crippen molar-refractivity contribution in [2.45, 2.75) is 36.5 Å². The Bertz CT molecular complexity index is 1190. The Balaban J connectivity index is 1.44. The highest BCUT2D eigenvalue weighted by molar-refractivity contribution is 5.87. The topological polar surface area (TPSA) is 115 Å². The molecule has 8 heteroatoms. The summed E-state index contributed by atoms with van der Waals surface area (Å²) in [5.41, 5.74) is 2.70. The Morgan fingerprint density at radius 2 is 2.00 bits per heavy atom. The van der Waals surface area contributed by atoms with Gasteiger partial charge in [0.25, 0.3) is 0 Å². The zero-order valence-electron chi connectivity index (χ0n) is 17.5. The van der Waals surface area contributed by atoms with Gasteiger partial charge < -0.3 is 25.0 Å². The van der Waals surface area contributed by atoms with Crippen LogP contribution in [0, 0.1) is 5.92 Å². The molecule has 0 aromatic heterocycles. The minimum atomic E-state index is -1.01. The number of ether oxygens (including phenoxy) is 1. The predicted octanol–water partition coefficient (Wildman–Crippen LogP) is 3.31. The third-order valence-electron chi connectivity index (χ3n) is 7.63. The summed E-state index contributed by atoms with van der Waals surface area (Å²) in [4.78, 5) is 13.4. The van der Waals surface area contributed by atoms with Crippen molar-refractivity contribution >= 4 is 17.3 Å². The van der Waals surface area contributed by atoms with Crippen molar-refractivity contribution < 1.29 is 24.9 Å². The van der Waals surface area contributed by atoms with Crippen LogP contribution in [-0.2, 0) is 11.8 Å². The number of likely N-dealkylation sites (N-methyl/N-ethyl adjacent to an activating group) is 1. The Morgan fingerprint density at radius 3 is 2.75 bits per heavy atom. The average molecular weight is 433 g/mol. The first-order chi connectivity index (χ1) is 15.4. The van der Waals surface area contributed by atoms with Crippen LogP contribution in [0.1, 0.15) is 27.9 Å². The minimum Gasteiger partial charge on any atom is -0.503 e. The van der Waals surface area contributed by atoms with E-state index >= 15 is 0 Å². The fraction of sp³-hybridized carbons (Fsp3) is 0.375. The number of carboxylic acid groups (broad SMARTS) is 1. The second-order valence-electron chi connectivity index (χ2n) is 9.14. The normalized spacial score (nSPS) is 32.1. The van der Waals surface area contributed by atoms with E-state index in [1.54, 1.807) is 12.1 Å². The maximum Gasteiger partial charge on any atom is 0.335 e. The van der Waals surface area contributed by atoms with Gasteiger partial charge in [-0.2, -0.15) is 5.11 Å². The third-order valence-corrected chi connectivity index (χ3v) is 7.63. The summed E-state index contributed by atoms with van der Waals surface area (Å²) in [5, 5.41) is 39.3. The van der Waals surface area contributed by atoms with Gasteiger partial charge in [0.2, 0.25) is 0 Å². The summed E-state index contributed by atoms with van der Waals surface area (Å²) in [5.74, 6) is -0.435. The SMILES string of the molecule is CN1CC[C@]23c4c5cc(N=Nc6ccc(C(=O)O)cc6)c(O)c4O[C@H]2[C@@H](O)C=C[C@H]3[C@H]1C5. The van der Waals surface area contributed by atoms with E-state index < -0.39 is 18.2 Å². The van der Waals surface area contributed by atoms with Crippen molar-refractivity contribution in [3.8, 4) is 11.5 Å². The molecule has 2 bridgehead atoms. The summed E-state index contributed by atoms with van der Waals surface area (Å²) in [6.45, 7) is 0.912. The van der Waals surface area contributed by atoms with Crippen LogP contribution in [0.5, 0.6) is 11.5 Å². The Morgan fingerprint density at radius 1 is 1.22 bits per heavy atom. The number of phenolic OH excluding ortho intramolecular Hbond substituents is 1. The lowest BCUT2D eigenvalue weighted by Crippen LogP contribution is -2.64. The fourth-order valence-electron chi connectivity index (χ4n) is 6.16. The molecule has 2 aromatic carbocycles. The molecule has 0 unspecified atom stereocenters. The lowest BCUT2D eigenvalue weighted by Gasteiger charge is -2.56. The maximum absolute atomic E-state index is 11.0. The molecule has 3 N–H and O–H groups in total. The molecule has 164 valence electrons. The first-order valence-electron chi connectivity index (χ1n) is 10.8. The molecule has 1 saturated heterocycles. The van der Waals surface area contributed by atoms with Crippen molar-refractivity contribution in [3.05, 3.63) is 59.2 Å². The number of hydrogen-bond donors (Lipinski definition) is 3. The second kappa shape index (κ2) is 6.63. The van der Waals surface area contributed by atoms with Crippen LogP contribution >= 0.6 is 0 Å². The van der Waals surface area contributed by atoms with Gasteiger partial charge in [0.05, 0.1) is 11.3 Å². The molecule has 32 heavy (non-hydrogen) atoms. The second-order valence-corrected chi connectivity index (χ2v) is 9.14. The van der Waals surface area contributed by atoms with Crippen molar-refractivity contribution in [2.24, 2.45) is 16.1 Å². The molecule has 6 rings (SSSR count). The molecule has 2 aliphatic carbocycles. The summed E-state index contributed by atoms with van der Waals surface area (Å²) >= 11 is 0. The van der Waals surface area contributed by atoms with Gasteiger partial charge in [-0.05, 0) is 62.3 Å². The number of aromatic carboxylic acids is 1. The van der Waals surface area contributed by atoms with E-state index in [9.17, 15) is 15.0 Å². The standard InChI is InChI=1S/C24H23N3O5/c1-27-9-8-24-15-6-7-18(28)22(24)32-21-19(24)13(11-17(15)27)10-16(20(21)29)26-25-14-4-2-12(3-5-14)23(30)31/h2-7,10,15,17-18,22,28-29H,8-9,11H2,1H3,(H,30,31)/t15-,17+,18-,22-,24-/m0/s1. The van der Waals surface area contributed by atoms with Gasteiger partial charge in [0.15, 0.2) is 11.5 Å². The number of aliphatic hydroxyl groups excluding tert-OH is 1. The third kappa shape index (κ3) is 2.47. The van der Waals surface area contributed by atoms with Crippen molar-refractivity contribution in [1.29, 1.82) is 0 Å². The number of azo groups is 1. The van der Waals surface area contributed by atoms with Crippen molar-refractivity contribution in [3.63, 3.8) is 0 Å². The number of aromatic hydroxyl groups is 1. The number of hydrogen-bond acceptors (Lipinski definition) is 7. The monoisotopic (exact) mass is 433 g/mol. The molecule has 5 atom stereocenters. The minimum absolute atomic E-state index is 0.0678. The molecule has 2 heterocycles. The van der Waals surface area contributed by atoms with E-state index in [2.05, 4.69) is 28.3 Å². The Kier molecular flexibility index (Phi) is 4.03. The summed E-state index contributed by atoms with van der Waals surface area (Å²) < 4.78 is 6.25. The van der Waals surface area contributed by atoms with Crippen LogP contribution in [0.4, 0.5) is 11.4 Å². The largest absolute Gasteiger partial charge is 0.503 e. The number of carbonyl (C=O) groups is 1. The molecule has 1 fully saturated rings. The van der Waals surface area contributed by atoms with Gasteiger partial charge in [-0.15, -0.1) is 5.11 Å². The van der Waals surface area contributed by atoms with Gasteiger partial charge in [-0.3, -0.25) is 0 Å². The van der Waals surface area contributed by atoms with Crippen LogP contribution in [0.3, 0.4) is 0 Å². The van der Waals surface area contributed by atoms with Crippen molar-refractivity contribution in [2.75, 3.05) is 13.6 Å². The zero-order chi connectivity index (χ0) is 22.2. The van der Waals surface area contributed by atoms with Gasteiger partial charge in [0, 0.05) is 22.9 Å². The summed E-state index contributed by atoms with van der Waals surface area (Å²) in [6.07, 6.45) is 4.46. The molecular formula is C24H23N3O5. The molecule has 0 amide bonds. The van der Waals surface area contributed by atoms with E-state index in [0.717, 1.165) is 30.5 Å². The molecule has 8 nitrogen and oxygen atoms in total. The highest BCUT2D eigenvalue weighted by Gasteiger charge is 2.64. The van der Waals surface area contributed by atoms with Crippen LogP contribution in [0.15, 0.2) is 52.7 Å². The van der Waals surface area contributed by atoms with E-state index in [4.69, 9.17) is 9.84 Å². The van der Waals surface area contributed by atoms with Crippen LogP contribution in [-0.4, -0.2) is 58.0 Å². The average Bonchev–Trinajstić information content (AvgIpc) is 3.14. The first-order valence-corrected chi connectivity index (χ1v) is 10.8. The van der Waals surface area contributed by atoms with Gasteiger partial charge in [-0.25, -0.2) is 4.79 Å². The highest BCUT2D eigenvalue weighted by atomic mass is 16.5. The number of piperidine rings is 1. The zero-order valence-corrected chi connectivity index (χ0v) is 17.5. The number of aliphatic hydroxyl groups is 1. The molecule has 2 aromatic rings. The van der Waals surface area contributed by atoms with Crippen LogP contribution < -0.4 is 4.74 Å². The lowest BCUT2D eigenvalue weighted by molar-refractivity contribution is -0.0453. The highest BCUT2D eigenvalue weighted by Crippen LogP contribution is 2.63. The van der Waals surface area contributed by atoms with E-state index in [-0.39, 0.29) is 28.7 Å². The first kappa shape index (κ1) is 19.5. The molecule has 0 radical (unpaired) electrons. The van der Waals surface area contributed by atoms with Gasteiger partial charge in [-0.1, -0.05) is 12.2 Å². The molecule has 2 aliphatic heterocycles. The quantitative estimate of drug-likeness (QED) is 0.505. The van der Waals surface area contributed by atoms with Crippen LogP contribution in [0.25, 0.3) is 0 Å². The number of benzene rings is 2. The number of nitrogens with zero attached hydrogens (tertiary/aromatic N) is 3. The number of likely N-dealkylation sites (tertiary alicyclic amines) is 1. The number of phenols is 1. The smallest absolute Gasteiger partial charge is 0.335 e. The van der Waals surface area contributed by atoms with Crippen molar-refractivity contribution in [1.82, 2.24) is 4.90 Å². The van der Waals surface area contributed by atoms with Gasteiger partial charge in [0.1, 0.15) is 17.9 Å². The Labute approximate surface area is 184 Å². The van der Waals surface area contributed by atoms with E-state index in [0.29, 0.717) is 17.1 Å². The maximum atomic E-state index is 11.0. The molecule has 0 saturated carbocycles. The fourth-order valence-corrected chi connectivity index (χ4v) is 6.16. The predicted molar refractivity (Wildman–Crippen MR) is 115 cm³/mol. The number of rotatable bonds is 3. The van der Waals surface area contributed by atoms with Crippen LogP contribution in [0.2, 0.25) is 0 Å². The molecule has 4 aliphatic rings. The lowest BCUT2D eigenvalue weighted by atomic mass is 9.53. The number of carboxylic acids is 1. The van der Waals surface area contributed by atoms with Gasteiger partial charge >= 0.3 is 5.97 Å². The summed E-state index contributed by atoms with van der Waals surface area (Å²) in [7, 11) is 2.13. The Hall–Kier alpha value is -3.23. The summed E-state index contributed by atoms with van der Waals surface area (Å²) in [6, 6.07) is 8.22. The van der Waals surface area contributed by atoms with E-state index in [1.165, 1.54) is 12.1 Å². The molecular weight excluding hydrogens is 410 g/mol.